The van der Waals surface area contributed by atoms with Gasteiger partial charge >= 0.3 is 0 Å². The van der Waals surface area contributed by atoms with Crippen LogP contribution in [-0.2, 0) is 16.6 Å². The number of hydrogen-bond acceptors (Lipinski definition) is 5. The third-order valence-electron chi connectivity index (χ3n) is 2.62. The van der Waals surface area contributed by atoms with E-state index < -0.39 is 10.0 Å². The maximum Gasteiger partial charge on any atom is 0.241 e. The molecule has 0 aliphatic carbocycles. The zero-order valence-electron chi connectivity index (χ0n) is 9.39. The Hall–Kier alpha value is -0.0800. The van der Waals surface area contributed by atoms with E-state index in [1.165, 1.54) is 11.3 Å². The van der Waals surface area contributed by atoms with Gasteiger partial charge in [0.05, 0.1) is 4.90 Å². The average Bonchev–Trinajstić information content (AvgIpc) is 2.79. The summed E-state index contributed by atoms with van der Waals surface area (Å²) in [7, 11) is -3.36. The second-order valence-electron chi connectivity index (χ2n) is 3.99. The molecule has 1 aliphatic heterocycles. The molecule has 96 valence electrons. The van der Waals surface area contributed by atoms with Crippen molar-refractivity contribution in [1.82, 2.24) is 4.72 Å². The molecule has 4 nitrogen and oxygen atoms in total. The Morgan fingerprint density at radius 2 is 2.35 bits per heavy atom. The lowest BCUT2D eigenvalue weighted by Gasteiger charge is -2.21. The second-order valence-corrected chi connectivity index (χ2v) is 7.85. The van der Waals surface area contributed by atoms with E-state index in [1.54, 1.807) is 23.2 Å². The molecule has 1 atom stereocenters. The second kappa shape index (κ2) is 5.71. The minimum Gasteiger partial charge on any atom is -0.326 e. The van der Waals surface area contributed by atoms with Gasteiger partial charge in [-0.05, 0) is 24.7 Å². The Bertz CT molecular complexity index is 464. The maximum atomic E-state index is 12.1. The van der Waals surface area contributed by atoms with E-state index in [0.717, 1.165) is 29.2 Å². The molecule has 1 aromatic rings. The zero-order valence-corrected chi connectivity index (χ0v) is 11.8. The fraction of sp³-hybridized carbons (Fsp3) is 0.600. The third kappa shape index (κ3) is 3.45. The summed E-state index contributed by atoms with van der Waals surface area (Å²) in [6, 6.07) is 1.73. The highest BCUT2D eigenvalue weighted by Gasteiger charge is 2.22. The first-order chi connectivity index (χ1) is 8.12. The summed E-state index contributed by atoms with van der Waals surface area (Å²) in [6.07, 6.45) is 2.01. The predicted octanol–water partition coefficient (Wildman–Crippen LogP) is 1.38. The fourth-order valence-electron chi connectivity index (χ4n) is 1.73. The summed E-state index contributed by atoms with van der Waals surface area (Å²) >= 11 is 3.19. The van der Waals surface area contributed by atoms with Gasteiger partial charge in [0.25, 0.3) is 0 Å². The maximum absolute atomic E-state index is 12.1. The Balaban J connectivity index is 2.07. The topological polar surface area (TPSA) is 72.2 Å². The first-order valence-corrected chi connectivity index (χ1v) is 9.01. The molecule has 0 bridgehead atoms. The lowest BCUT2D eigenvalue weighted by atomic mass is 10.2. The standard InChI is InChI=1S/C10H16N2O2S3/c11-5-9-4-10(7-16-9)17(13,14)12-8-2-1-3-15-6-8/h4,7-8,12H,1-3,5-6,11H2. The normalized spacial score (nSPS) is 21.6. The van der Waals surface area contributed by atoms with Crippen molar-refractivity contribution in [3.8, 4) is 0 Å². The molecule has 2 heterocycles. The summed E-state index contributed by atoms with van der Waals surface area (Å²) in [5, 5.41) is 1.65. The minimum atomic E-state index is -3.36. The summed E-state index contributed by atoms with van der Waals surface area (Å²) in [5.74, 6) is 2.00. The van der Waals surface area contributed by atoms with Gasteiger partial charge in [0.1, 0.15) is 0 Å². The summed E-state index contributed by atoms with van der Waals surface area (Å²) < 4.78 is 26.9. The number of nitrogens with one attached hydrogen (secondary N) is 1. The van der Waals surface area contributed by atoms with E-state index in [2.05, 4.69) is 4.72 Å². The molecule has 0 saturated carbocycles. The van der Waals surface area contributed by atoms with Crippen LogP contribution >= 0.6 is 23.1 Å². The van der Waals surface area contributed by atoms with Gasteiger partial charge in [0, 0.05) is 28.6 Å². The molecule has 1 aromatic heterocycles. The highest BCUT2D eigenvalue weighted by atomic mass is 32.2. The number of thiophene rings is 1. The highest BCUT2D eigenvalue weighted by molar-refractivity contribution is 7.99. The van der Waals surface area contributed by atoms with Gasteiger partial charge in [0.15, 0.2) is 0 Å². The van der Waals surface area contributed by atoms with Gasteiger partial charge in [-0.1, -0.05) is 0 Å². The minimum absolute atomic E-state index is 0.0694. The Labute approximate surface area is 110 Å². The summed E-state index contributed by atoms with van der Waals surface area (Å²) in [6.45, 7) is 0.388. The van der Waals surface area contributed by atoms with Gasteiger partial charge < -0.3 is 5.73 Å². The van der Waals surface area contributed by atoms with Crippen molar-refractivity contribution in [2.24, 2.45) is 5.73 Å². The molecule has 0 amide bonds. The zero-order chi connectivity index (χ0) is 12.3. The first kappa shape index (κ1) is 13.4. The Kier molecular flexibility index (Phi) is 4.48. The van der Waals surface area contributed by atoms with Crippen molar-refractivity contribution >= 4 is 33.1 Å². The predicted molar refractivity (Wildman–Crippen MR) is 72.9 cm³/mol. The first-order valence-electron chi connectivity index (χ1n) is 5.49. The average molecular weight is 292 g/mol. The van der Waals surface area contributed by atoms with Gasteiger partial charge in [-0.15, -0.1) is 11.3 Å². The number of hydrogen-bond donors (Lipinski definition) is 2. The Morgan fingerprint density at radius 1 is 1.53 bits per heavy atom. The number of sulfonamides is 1. The quantitative estimate of drug-likeness (QED) is 0.879. The summed E-state index contributed by atoms with van der Waals surface area (Å²) in [4.78, 5) is 1.24. The van der Waals surface area contributed by atoms with Crippen LogP contribution in [-0.4, -0.2) is 26.0 Å². The molecule has 0 radical (unpaired) electrons. The molecule has 1 saturated heterocycles. The molecule has 3 N–H and O–H groups in total. The van der Waals surface area contributed by atoms with Crippen LogP contribution < -0.4 is 10.5 Å². The third-order valence-corrected chi connectivity index (χ3v) is 6.45. The molecule has 2 rings (SSSR count). The van der Waals surface area contributed by atoms with Crippen LogP contribution in [0.3, 0.4) is 0 Å². The molecule has 1 unspecified atom stereocenters. The number of rotatable bonds is 4. The van der Waals surface area contributed by atoms with Crippen LogP contribution in [0, 0.1) is 0 Å². The molecule has 7 heteroatoms. The van der Waals surface area contributed by atoms with Crippen molar-refractivity contribution in [2.45, 2.75) is 30.3 Å². The van der Waals surface area contributed by atoms with Crippen LogP contribution in [0.4, 0.5) is 0 Å². The van der Waals surface area contributed by atoms with Gasteiger partial charge in [-0.3, -0.25) is 0 Å². The van der Waals surface area contributed by atoms with E-state index in [0.29, 0.717) is 11.4 Å². The van der Waals surface area contributed by atoms with Crippen LogP contribution in [0.1, 0.15) is 17.7 Å². The molecular formula is C10H16N2O2S3. The molecular weight excluding hydrogens is 276 g/mol. The van der Waals surface area contributed by atoms with Gasteiger partial charge in [-0.2, -0.15) is 11.8 Å². The van der Waals surface area contributed by atoms with Crippen molar-refractivity contribution < 1.29 is 8.42 Å². The van der Waals surface area contributed by atoms with Gasteiger partial charge in [-0.25, -0.2) is 13.1 Å². The molecule has 1 aliphatic rings. The molecule has 0 spiro atoms. The smallest absolute Gasteiger partial charge is 0.241 e. The summed E-state index contributed by atoms with van der Waals surface area (Å²) in [5.41, 5.74) is 5.48. The van der Waals surface area contributed by atoms with Crippen LogP contribution in [0.25, 0.3) is 0 Å². The number of nitrogens with two attached hydrogens (primary N) is 1. The van der Waals surface area contributed by atoms with Gasteiger partial charge in [0.2, 0.25) is 10.0 Å². The van der Waals surface area contributed by atoms with Crippen LogP contribution in [0.15, 0.2) is 16.3 Å². The van der Waals surface area contributed by atoms with Crippen LogP contribution in [0.5, 0.6) is 0 Å². The van der Waals surface area contributed by atoms with Crippen molar-refractivity contribution in [2.75, 3.05) is 11.5 Å². The van der Waals surface area contributed by atoms with Crippen molar-refractivity contribution in [3.63, 3.8) is 0 Å². The molecule has 17 heavy (non-hydrogen) atoms. The number of thioether (sulfide) groups is 1. The van der Waals surface area contributed by atoms with E-state index in [-0.39, 0.29) is 6.04 Å². The van der Waals surface area contributed by atoms with Crippen LogP contribution in [0.2, 0.25) is 0 Å². The van der Waals surface area contributed by atoms with E-state index in [9.17, 15) is 8.42 Å². The van der Waals surface area contributed by atoms with Crippen molar-refractivity contribution in [3.05, 3.63) is 16.3 Å². The fourth-order valence-corrected chi connectivity index (χ4v) is 5.33. The Morgan fingerprint density at radius 3 is 2.94 bits per heavy atom. The molecule has 1 fully saturated rings. The van der Waals surface area contributed by atoms with E-state index in [1.807, 2.05) is 0 Å². The van der Waals surface area contributed by atoms with E-state index in [4.69, 9.17) is 5.73 Å². The van der Waals surface area contributed by atoms with E-state index >= 15 is 0 Å². The van der Waals surface area contributed by atoms with Crippen molar-refractivity contribution in [1.29, 1.82) is 0 Å². The molecule has 0 aromatic carbocycles. The SMILES string of the molecule is NCc1cc(S(=O)(=O)NC2CCCSC2)cs1. The monoisotopic (exact) mass is 292 g/mol. The highest BCUT2D eigenvalue weighted by Crippen LogP contribution is 2.22. The largest absolute Gasteiger partial charge is 0.326 e. The lowest BCUT2D eigenvalue weighted by molar-refractivity contribution is 0.543. The lowest BCUT2D eigenvalue weighted by Crippen LogP contribution is -2.38.